The molecule has 0 aliphatic heterocycles. The zero-order valence-corrected chi connectivity index (χ0v) is 16.3. The predicted octanol–water partition coefficient (Wildman–Crippen LogP) is 6.89. The van der Waals surface area contributed by atoms with Gasteiger partial charge in [-0.05, 0) is 54.6 Å². The molecule has 0 aliphatic carbocycles. The number of halogens is 7. The molecule has 0 unspecified atom stereocenters. The minimum Gasteiger partial charge on any atom is -0.457 e. The lowest BCUT2D eigenvalue weighted by atomic mass is 10.1. The lowest BCUT2D eigenvalue weighted by Crippen LogP contribution is -2.15. The molecule has 3 nitrogen and oxygen atoms in total. The molecule has 1 amide bonds. The number of carbonyl (C=O) groups is 1. The molecule has 0 saturated heterocycles. The van der Waals surface area contributed by atoms with Crippen molar-refractivity contribution in [2.45, 2.75) is 12.4 Å². The minimum atomic E-state index is -5.02. The van der Waals surface area contributed by atoms with Gasteiger partial charge in [-0.3, -0.25) is 4.79 Å². The first-order valence-corrected chi connectivity index (χ1v) is 9.02. The average molecular weight is 467 g/mol. The molecule has 0 spiro atoms. The first kappa shape index (κ1) is 23.7. The van der Waals surface area contributed by atoms with Gasteiger partial charge in [0.1, 0.15) is 17.3 Å². The Morgan fingerprint density at radius 1 is 0.848 bits per heavy atom. The fourth-order valence-corrected chi connectivity index (χ4v) is 2.80. The van der Waals surface area contributed by atoms with Crippen LogP contribution in [0.4, 0.5) is 36.4 Å². The van der Waals surface area contributed by atoms with Crippen LogP contribution in [0.2, 0.25) is 0 Å². The van der Waals surface area contributed by atoms with Crippen molar-refractivity contribution in [2.75, 3.05) is 5.32 Å². The Morgan fingerprint density at radius 3 is 1.94 bits per heavy atom. The molecule has 0 atom stereocenters. The largest absolute Gasteiger partial charge is 0.457 e. The van der Waals surface area contributed by atoms with Crippen molar-refractivity contribution >= 4 is 11.6 Å². The summed E-state index contributed by atoms with van der Waals surface area (Å²) in [6.45, 7) is 0. The summed E-state index contributed by atoms with van der Waals surface area (Å²) in [7, 11) is 0. The van der Waals surface area contributed by atoms with Gasteiger partial charge < -0.3 is 10.1 Å². The van der Waals surface area contributed by atoms with E-state index in [2.05, 4.69) is 11.2 Å². The molecule has 0 saturated carbocycles. The minimum absolute atomic E-state index is 0.0152. The number of alkyl halides is 6. The lowest BCUT2D eigenvalue weighted by molar-refractivity contribution is -0.143. The van der Waals surface area contributed by atoms with Crippen LogP contribution in [0.1, 0.15) is 27.0 Å². The van der Waals surface area contributed by atoms with Gasteiger partial charge in [0.2, 0.25) is 0 Å². The van der Waals surface area contributed by atoms with E-state index >= 15 is 0 Å². The molecule has 33 heavy (non-hydrogen) atoms. The van der Waals surface area contributed by atoms with Crippen LogP contribution >= 0.6 is 0 Å². The maximum atomic E-state index is 14.0. The van der Waals surface area contributed by atoms with Gasteiger partial charge in [-0.2, -0.15) is 26.3 Å². The quantitative estimate of drug-likeness (QED) is 0.335. The topological polar surface area (TPSA) is 38.3 Å². The van der Waals surface area contributed by atoms with Crippen LogP contribution < -0.4 is 10.1 Å². The Morgan fingerprint density at radius 2 is 1.42 bits per heavy atom. The number of nitrogens with one attached hydrogen (secondary N) is 1. The highest BCUT2D eigenvalue weighted by Crippen LogP contribution is 2.39. The Kier molecular flexibility index (Phi) is 6.35. The Labute approximate surface area is 182 Å². The first-order valence-electron chi connectivity index (χ1n) is 9.02. The van der Waals surface area contributed by atoms with Gasteiger partial charge in [0.15, 0.2) is 0 Å². The number of terminal acetylenes is 1. The number of rotatable bonds is 4. The van der Waals surface area contributed by atoms with Gasteiger partial charge in [0, 0.05) is 11.3 Å². The first-order chi connectivity index (χ1) is 15.4. The number of hydrogen-bond donors (Lipinski definition) is 1. The zero-order valence-electron chi connectivity index (χ0n) is 16.3. The third kappa shape index (κ3) is 5.63. The van der Waals surface area contributed by atoms with Crippen LogP contribution in [0.25, 0.3) is 0 Å². The zero-order chi connectivity index (χ0) is 24.4. The van der Waals surface area contributed by atoms with E-state index in [-0.39, 0.29) is 28.6 Å². The van der Waals surface area contributed by atoms with Crippen LogP contribution in [0.3, 0.4) is 0 Å². The number of carbonyl (C=O) groups excluding carboxylic acids is 1. The van der Waals surface area contributed by atoms with E-state index in [1.54, 1.807) is 0 Å². The molecule has 3 aromatic carbocycles. The van der Waals surface area contributed by atoms with Crippen molar-refractivity contribution < 1.29 is 40.3 Å². The van der Waals surface area contributed by atoms with Gasteiger partial charge in [0.25, 0.3) is 5.91 Å². The summed E-state index contributed by atoms with van der Waals surface area (Å²) < 4.78 is 97.0. The summed E-state index contributed by atoms with van der Waals surface area (Å²) >= 11 is 0. The fraction of sp³-hybridized carbons (Fsp3) is 0.0870. The van der Waals surface area contributed by atoms with Gasteiger partial charge in [-0.1, -0.05) is 12.0 Å². The smallest absolute Gasteiger partial charge is 0.416 e. The Balaban J connectivity index is 1.82. The molecular formula is C23H12F7NO2. The van der Waals surface area contributed by atoms with Gasteiger partial charge in [0.05, 0.1) is 16.7 Å². The summed E-state index contributed by atoms with van der Waals surface area (Å²) in [5, 5.41) is 2.40. The number of anilines is 1. The fourth-order valence-electron chi connectivity index (χ4n) is 2.80. The number of hydrogen-bond acceptors (Lipinski definition) is 2. The maximum Gasteiger partial charge on any atom is 0.416 e. The Hall–Kier alpha value is -4.00. The molecule has 0 heterocycles. The summed E-state index contributed by atoms with van der Waals surface area (Å²) in [6, 6.07) is 9.55. The number of ether oxygens (including phenoxy) is 1. The number of amides is 1. The molecule has 3 rings (SSSR count). The molecule has 0 aliphatic rings. The Bertz CT molecular complexity index is 1190. The highest BCUT2D eigenvalue weighted by Gasteiger charge is 2.37. The SMILES string of the molecule is C#Cc1cccc(F)c1C(=O)Nc1ccc(Oc2cc(C(F)(F)F)cc(C(F)(F)F)c2)cc1. The molecule has 0 aromatic heterocycles. The van der Waals surface area contributed by atoms with E-state index in [4.69, 9.17) is 11.2 Å². The van der Waals surface area contributed by atoms with Crippen LogP contribution in [0.5, 0.6) is 11.5 Å². The number of benzene rings is 3. The summed E-state index contributed by atoms with van der Waals surface area (Å²) in [5.41, 5.74) is -3.23. The van der Waals surface area contributed by atoms with Crippen molar-refractivity contribution in [3.8, 4) is 23.8 Å². The van der Waals surface area contributed by atoms with Crippen LogP contribution in [-0.2, 0) is 12.4 Å². The third-order valence-electron chi connectivity index (χ3n) is 4.31. The molecule has 3 aromatic rings. The van der Waals surface area contributed by atoms with Crippen molar-refractivity contribution in [1.29, 1.82) is 0 Å². The van der Waals surface area contributed by atoms with E-state index in [0.29, 0.717) is 12.1 Å². The van der Waals surface area contributed by atoms with Crippen molar-refractivity contribution in [3.63, 3.8) is 0 Å². The highest BCUT2D eigenvalue weighted by atomic mass is 19.4. The van der Waals surface area contributed by atoms with E-state index in [9.17, 15) is 35.5 Å². The summed E-state index contributed by atoms with van der Waals surface area (Å²) in [4.78, 5) is 12.4. The average Bonchev–Trinajstić information content (AvgIpc) is 2.73. The van der Waals surface area contributed by atoms with Crippen molar-refractivity contribution in [2.24, 2.45) is 0 Å². The standard InChI is InChI=1S/C23H12F7NO2/c1-2-13-4-3-5-19(24)20(13)21(32)31-16-6-8-17(9-7-16)33-18-11-14(22(25,26)27)10-15(12-18)23(28,29)30/h1,3-12H,(H,31,32). The molecular weight excluding hydrogens is 455 g/mol. The second kappa shape index (κ2) is 8.86. The molecule has 0 bridgehead atoms. The molecule has 0 fully saturated rings. The molecule has 0 radical (unpaired) electrons. The van der Waals surface area contributed by atoms with E-state index < -0.39 is 41.0 Å². The highest BCUT2D eigenvalue weighted by molar-refractivity contribution is 6.06. The second-order valence-electron chi connectivity index (χ2n) is 6.63. The molecule has 170 valence electrons. The van der Waals surface area contributed by atoms with Gasteiger partial charge in [-0.25, -0.2) is 4.39 Å². The normalized spacial score (nSPS) is 11.6. The maximum absolute atomic E-state index is 14.0. The monoisotopic (exact) mass is 467 g/mol. The second-order valence-corrected chi connectivity index (χ2v) is 6.63. The van der Waals surface area contributed by atoms with Gasteiger partial charge in [-0.15, -0.1) is 6.42 Å². The summed E-state index contributed by atoms with van der Waals surface area (Å²) in [6.07, 6.45) is -4.77. The van der Waals surface area contributed by atoms with Crippen LogP contribution in [-0.4, -0.2) is 5.91 Å². The lowest BCUT2D eigenvalue weighted by Gasteiger charge is -2.15. The molecule has 10 heteroatoms. The van der Waals surface area contributed by atoms with Crippen molar-refractivity contribution in [1.82, 2.24) is 0 Å². The van der Waals surface area contributed by atoms with E-state index in [1.165, 1.54) is 36.4 Å². The van der Waals surface area contributed by atoms with Crippen LogP contribution in [0, 0.1) is 18.2 Å². The van der Waals surface area contributed by atoms with E-state index in [0.717, 1.165) is 6.07 Å². The van der Waals surface area contributed by atoms with Crippen molar-refractivity contribution in [3.05, 3.63) is 88.7 Å². The van der Waals surface area contributed by atoms with E-state index in [1.807, 2.05) is 0 Å². The summed E-state index contributed by atoms with van der Waals surface area (Å²) in [5.74, 6) is -0.279. The predicted molar refractivity (Wildman–Crippen MR) is 105 cm³/mol. The van der Waals surface area contributed by atoms with Crippen LogP contribution in [0.15, 0.2) is 60.7 Å². The van der Waals surface area contributed by atoms with Gasteiger partial charge >= 0.3 is 12.4 Å². The third-order valence-corrected chi connectivity index (χ3v) is 4.31. The molecule has 1 N–H and O–H groups in total.